The molecule has 0 spiro atoms. The first-order valence-corrected chi connectivity index (χ1v) is 11.7. The topological polar surface area (TPSA) is 45.2 Å². The zero-order chi connectivity index (χ0) is 19.8. The van der Waals surface area contributed by atoms with Crippen LogP contribution in [-0.2, 0) is 11.2 Å². The SMILES string of the molecule is CN(CCCCI)c1c(NC(=O)C2=C/C=C\C=C/C=C2)cnc2c1SC=CC2. The predicted octanol–water partition coefficient (Wildman–Crippen LogP) is 5.44. The molecule has 0 saturated carbocycles. The number of unbranched alkanes of at least 4 members (excludes halogenated alkanes) is 1. The third-order valence-corrected chi connectivity index (χ3v) is 6.20. The quantitative estimate of drug-likeness (QED) is 0.305. The zero-order valence-electron chi connectivity index (χ0n) is 15.9. The summed E-state index contributed by atoms with van der Waals surface area (Å²) in [7, 11) is 2.10. The molecular formula is C22H24IN3OS. The van der Waals surface area contributed by atoms with Gasteiger partial charge in [0.1, 0.15) is 0 Å². The highest BCUT2D eigenvalue weighted by Gasteiger charge is 2.21. The van der Waals surface area contributed by atoms with E-state index in [4.69, 9.17) is 0 Å². The van der Waals surface area contributed by atoms with Gasteiger partial charge in [0.05, 0.1) is 28.2 Å². The van der Waals surface area contributed by atoms with E-state index < -0.39 is 0 Å². The smallest absolute Gasteiger partial charge is 0.255 e. The molecule has 3 rings (SSSR count). The number of amides is 1. The van der Waals surface area contributed by atoms with Crippen LogP contribution in [0.5, 0.6) is 0 Å². The van der Waals surface area contributed by atoms with Crippen LogP contribution in [0.25, 0.3) is 0 Å². The molecule has 1 aliphatic heterocycles. The molecule has 2 heterocycles. The molecule has 1 aliphatic carbocycles. The molecule has 1 N–H and O–H groups in total. The number of aromatic nitrogens is 1. The average molecular weight is 505 g/mol. The lowest BCUT2D eigenvalue weighted by atomic mass is 10.1. The van der Waals surface area contributed by atoms with Gasteiger partial charge in [-0.2, -0.15) is 0 Å². The molecule has 0 saturated heterocycles. The van der Waals surface area contributed by atoms with Crippen molar-refractivity contribution in [2.45, 2.75) is 24.2 Å². The molecule has 6 heteroatoms. The predicted molar refractivity (Wildman–Crippen MR) is 128 cm³/mol. The van der Waals surface area contributed by atoms with Gasteiger partial charge in [-0.15, -0.1) is 0 Å². The van der Waals surface area contributed by atoms with Gasteiger partial charge in [-0.25, -0.2) is 0 Å². The number of pyridine rings is 1. The summed E-state index contributed by atoms with van der Waals surface area (Å²) < 4.78 is 1.16. The molecule has 146 valence electrons. The van der Waals surface area contributed by atoms with Gasteiger partial charge < -0.3 is 10.2 Å². The van der Waals surface area contributed by atoms with E-state index >= 15 is 0 Å². The Bertz CT molecular complexity index is 871. The van der Waals surface area contributed by atoms with Gasteiger partial charge in [0, 0.05) is 25.6 Å². The normalized spacial score (nSPS) is 17.1. The Morgan fingerprint density at radius 1 is 1.25 bits per heavy atom. The second-order valence-electron chi connectivity index (χ2n) is 6.51. The van der Waals surface area contributed by atoms with Crippen molar-refractivity contribution >= 4 is 51.6 Å². The largest absolute Gasteiger partial charge is 0.372 e. The molecular weight excluding hydrogens is 481 g/mol. The van der Waals surface area contributed by atoms with E-state index in [0.29, 0.717) is 5.57 Å². The number of nitrogens with one attached hydrogen (secondary N) is 1. The van der Waals surface area contributed by atoms with Gasteiger partial charge in [0.25, 0.3) is 5.91 Å². The van der Waals surface area contributed by atoms with Crippen molar-refractivity contribution in [3.05, 3.63) is 71.5 Å². The number of carbonyl (C=O) groups excluding carboxylic acids is 1. The number of hydrogen-bond acceptors (Lipinski definition) is 4. The molecule has 28 heavy (non-hydrogen) atoms. The lowest BCUT2D eigenvalue weighted by molar-refractivity contribution is -0.112. The van der Waals surface area contributed by atoms with Crippen LogP contribution < -0.4 is 10.2 Å². The van der Waals surface area contributed by atoms with E-state index in [2.05, 4.69) is 56.3 Å². The number of carbonyl (C=O) groups is 1. The van der Waals surface area contributed by atoms with Gasteiger partial charge in [-0.05, 0) is 34.8 Å². The van der Waals surface area contributed by atoms with Crippen LogP contribution in [0.15, 0.2) is 70.7 Å². The molecule has 0 unspecified atom stereocenters. The number of thioether (sulfide) groups is 1. The molecule has 0 fully saturated rings. The van der Waals surface area contributed by atoms with Crippen LogP contribution in [0.3, 0.4) is 0 Å². The molecule has 1 aromatic heterocycles. The molecule has 4 nitrogen and oxygen atoms in total. The minimum Gasteiger partial charge on any atom is -0.372 e. The van der Waals surface area contributed by atoms with Crippen LogP contribution in [0, 0.1) is 0 Å². The van der Waals surface area contributed by atoms with E-state index in [9.17, 15) is 4.79 Å². The third kappa shape index (κ3) is 5.38. The molecule has 0 atom stereocenters. The Morgan fingerprint density at radius 3 is 2.93 bits per heavy atom. The average Bonchev–Trinajstić information content (AvgIpc) is 2.67. The standard InChI is InChI=1S/C22H24IN3OS/c1-26(14-8-7-13-23)20-19(16-24-18-12-9-15-28-21(18)20)25-22(27)17-10-5-3-2-4-6-11-17/h2-6,9-11,15-16H,7-8,12-14H2,1H3,(H,25,27)/b3-2-,4-2?,5-3?,6-4-,10-5?,11-6?,17-10?,17-11?. The van der Waals surface area contributed by atoms with Crippen LogP contribution in [-0.4, -0.2) is 28.9 Å². The summed E-state index contributed by atoms with van der Waals surface area (Å²) in [4.78, 5) is 20.9. The number of fused-ring (bicyclic) bond motifs is 1. The first-order valence-electron chi connectivity index (χ1n) is 9.34. The maximum absolute atomic E-state index is 12.9. The van der Waals surface area contributed by atoms with Gasteiger partial charge in [0.2, 0.25) is 0 Å². The van der Waals surface area contributed by atoms with Gasteiger partial charge in [-0.3, -0.25) is 9.78 Å². The molecule has 0 radical (unpaired) electrons. The number of alkyl halides is 1. The summed E-state index contributed by atoms with van der Waals surface area (Å²) in [5.74, 6) is -0.129. The number of hydrogen-bond donors (Lipinski definition) is 1. The lowest BCUT2D eigenvalue weighted by Gasteiger charge is -2.27. The monoisotopic (exact) mass is 505 g/mol. The molecule has 1 aromatic rings. The highest BCUT2D eigenvalue weighted by atomic mass is 127. The van der Waals surface area contributed by atoms with Crippen molar-refractivity contribution in [2.75, 3.05) is 28.2 Å². The van der Waals surface area contributed by atoms with Crippen molar-refractivity contribution in [3.8, 4) is 0 Å². The first-order chi connectivity index (χ1) is 13.7. The Hall–Kier alpha value is -1.80. The summed E-state index contributed by atoms with van der Waals surface area (Å²) in [6.07, 6.45) is 20.2. The van der Waals surface area contributed by atoms with Crippen molar-refractivity contribution < 1.29 is 4.79 Å². The minimum absolute atomic E-state index is 0.129. The maximum atomic E-state index is 12.9. The summed E-state index contributed by atoms with van der Waals surface area (Å²) >= 11 is 4.09. The molecule has 2 aliphatic rings. The zero-order valence-corrected chi connectivity index (χ0v) is 18.9. The summed E-state index contributed by atoms with van der Waals surface area (Å²) in [5, 5.41) is 5.20. The first kappa shape index (κ1) is 20.9. The van der Waals surface area contributed by atoms with Gasteiger partial charge >= 0.3 is 0 Å². The number of anilines is 2. The number of rotatable bonds is 7. The third-order valence-electron chi connectivity index (χ3n) is 4.44. The number of nitrogens with zero attached hydrogens (tertiary/aromatic N) is 2. The summed E-state index contributed by atoms with van der Waals surface area (Å²) in [5.41, 5.74) is 3.51. The van der Waals surface area contributed by atoms with Crippen molar-refractivity contribution in [1.29, 1.82) is 0 Å². The van der Waals surface area contributed by atoms with E-state index in [1.54, 1.807) is 18.0 Å². The van der Waals surface area contributed by atoms with Gasteiger partial charge in [0.15, 0.2) is 0 Å². The fourth-order valence-electron chi connectivity index (χ4n) is 3.00. The van der Waals surface area contributed by atoms with E-state index in [-0.39, 0.29) is 5.91 Å². The van der Waals surface area contributed by atoms with E-state index in [1.165, 1.54) is 6.42 Å². The number of allylic oxidation sites excluding steroid dienone is 7. The fraction of sp³-hybridized carbons (Fsp3) is 0.273. The lowest BCUT2D eigenvalue weighted by Crippen LogP contribution is -2.24. The van der Waals surface area contributed by atoms with Crippen molar-refractivity contribution in [2.24, 2.45) is 0 Å². The maximum Gasteiger partial charge on any atom is 0.255 e. The second-order valence-corrected chi connectivity index (χ2v) is 8.51. The highest BCUT2D eigenvalue weighted by molar-refractivity contribution is 14.1. The van der Waals surface area contributed by atoms with Crippen LogP contribution in [0.2, 0.25) is 0 Å². The van der Waals surface area contributed by atoms with Crippen LogP contribution in [0.4, 0.5) is 11.4 Å². The van der Waals surface area contributed by atoms with Gasteiger partial charge in [-0.1, -0.05) is 70.8 Å². The summed E-state index contributed by atoms with van der Waals surface area (Å²) in [6.45, 7) is 0.947. The Balaban J connectivity index is 1.88. The summed E-state index contributed by atoms with van der Waals surface area (Å²) in [6, 6.07) is 0. The highest BCUT2D eigenvalue weighted by Crippen LogP contribution is 2.41. The minimum atomic E-state index is -0.129. The van der Waals surface area contributed by atoms with Crippen LogP contribution in [0.1, 0.15) is 18.5 Å². The fourth-order valence-corrected chi connectivity index (χ4v) is 4.52. The molecule has 0 bridgehead atoms. The second kappa shape index (κ2) is 10.7. The van der Waals surface area contributed by atoms with E-state index in [0.717, 1.165) is 45.8 Å². The Labute approximate surface area is 184 Å². The van der Waals surface area contributed by atoms with Crippen LogP contribution >= 0.6 is 34.4 Å². The Kier molecular flexibility index (Phi) is 7.97. The van der Waals surface area contributed by atoms with Crippen molar-refractivity contribution in [1.82, 2.24) is 4.98 Å². The van der Waals surface area contributed by atoms with Crippen molar-refractivity contribution in [3.63, 3.8) is 0 Å². The Morgan fingerprint density at radius 2 is 2.07 bits per heavy atom. The molecule has 0 aromatic carbocycles. The molecule has 1 amide bonds. The van der Waals surface area contributed by atoms with E-state index in [1.807, 2.05) is 42.5 Å². The number of halogens is 1.